The lowest BCUT2D eigenvalue weighted by Gasteiger charge is -2.19. The van der Waals surface area contributed by atoms with Crippen molar-refractivity contribution in [2.75, 3.05) is 30.9 Å². The van der Waals surface area contributed by atoms with Crippen LogP contribution in [0.4, 0.5) is 11.4 Å². The van der Waals surface area contributed by atoms with Gasteiger partial charge in [0.15, 0.2) is 0 Å². The minimum absolute atomic E-state index is 0.0607. The lowest BCUT2D eigenvalue weighted by Crippen LogP contribution is -2.28. The third kappa shape index (κ3) is 5.12. The van der Waals surface area contributed by atoms with E-state index < -0.39 is 0 Å². The molecule has 2 N–H and O–H groups in total. The number of amides is 2. The molecule has 0 aromatic heterocycles. The average molecular weight is 380 g/mol. The molecule has 0 spiro atoms. The SMILES string of the molecule is CN(C)c1ccc(NC(=O)C2CCCC2)cc1C(=O)NCCc1ccccc1. The van der Waals surface area contributed by atoms with Gasteiger partial charge < -0.3 is 15.5 Å². The highest BCUT2D eigenvalue weighted by atomic mass is 16.2. The molecular formula is C23H29N3O2. The molecule has 0 radical (unpaired) electrons. The van der Waals surface area contributed by atoms with Crippen LogP contribution in [0.1, 0.15) is 41.6 Å². The van der Waals surface area contributed by atoms with Crippen LogP contribution in [0.3, 0.4) is 0 Å². The van der Waals surface area contributed by atoms with E-state index in [4.69, 9.17) is 0 Å². The van der Waals surface area contributed by atoms with E-state index in [2.05, 4.69) is 22.8 Å². The van der Waals surface area contributed by atoms with Gasteiger partial charge in [-0.25, -0.2) is 0 Å². The summed E-state index contributed by atoms with van der Waals surface area (Å²) in [6.07, 6.45) is 4.92. The Morgan fingerprint density at radius 2 is 1.75 bits per heavy atom. The number of rotatable bonds is 7. The van der Waals surface area contributed by atoms with E-state index >= 15 is 0 Å². The Morgan fingerprint density at radius 1 is 1.04 bits per heavy atom. The molecule has 28 heavy (non-hydrogen) atoms. The first-order chi connectivity index (χ1) is 13.5. The van der Waals surface area contributed by atoms with Crippen LogP contribution < -0.4 is 15.5 Å². The summed E-state index contributed by atoms with van der Waals surface area (Å²) in [5, 5.41) is 5.99. The summed E-state index contributed by atoms with van der Waals surface area (Å²) in [6, 6.07) is 15.6. The first kappa shape index (κ1) is 19.9. The second-order valence-corrected chi connectivity index (χ2v) is 7.59. The maximum Gasteiger partial charge on any atom is 0.253 e. The molecule has 2 aromatic carbocycles. The van der Waals surface area contributed by atoms with Crippen molar-refractivity contribution >= 4 is 23.2 Å². The van der Waals surface area contributed by atoms with Gasteiger partial charge in [-0.15, -0.1) is 0 Å². The molecule has 0 bridgehead atoms. The Kier molecular flexibility index (Phi) is 6.69. The predicted molar refractivity (Wildman–Crippen MR) is 114 cm³/mol. The third-order valence-electron chi connectivity index (χ3n) is 5.26. The molecule has 1 saturated carbocycles. The third-order valence-corrected chi connectivity index (χ3v) is 5.26. The van der Waals surface area contributed by atoms with E-state index in [0.29, 0.717) is 17.8 Å². The summed E-state index contributed by atoms with van der Waals surface area (Å²) >= 11 is 0. The fourth-order valence-corrected chi connectivity index (χ4v) is 3.68. The number of nitrogens with one attached hydrogen (secondary N) is 2. The highest BCUT2D eigenvalue weighted by Gasteiger charge is 2.23. The largest absolute Gasteiger partial charge is 0.377 e. The maximum atomic E-state index is 12.8. The molecule has 1 fully saturated rings. The summed E-state index contributed by atoms with van der Waals surface area (Å²) in [7, 11) is 3.82. The van der Waals surface area contributed by atoms with Gasteiger partial charge in [0, 0.05) is 37.9 Å². The average Bonchev–Trinajstić information content (AvgIpc) is 3.23. The molecule has 0 saturated heterocycles. The quantitative estimate of drug-likeness (QED) is 0.768. The first-order valence-electron chi connectivity index (χ1n) is 9.99. The zero-order chi connectivity index (χ0) is 19.9. The van der Waals surface area contributed by atoms with Crippen LogP contribution in [0.15, 0.2) is 48.5 Å². The molecule has 1 aliphatic carbocycles. The van der Waals surface area contributed by atoms with Crippen molar-refractivity contribution in [3.63, 3.8) is 0 Å². The van der Waals surface area contributed by atoms with Gasteiger partial charge >= 0.3 is 0 Å². The highest BCUT2D eigenvalue weighted by molar-refractivity contribution is 6.02. The summed E-state index contributed by atoms with van der Waals surface area (Å²) in [5.74, 6) is 0.0267. The summed E-state index contributed by atoms with van der Waals surface area (Å²) in [5.41, 5.74) is 3.27. The van der Waals surface area contributed by atoms with Crippen molar-refractivity contribution in [3.8, 4) is 0 Å². The molecule has 3 rings (SSSR count). The fourth-order valence-electron chi connectivity index (χ4n) is 3.68. The summed E-state index contributed by atoms with van der Waals surface area (Å²) < 4.78 is 0. The minimum atomic E-state index is -0.128. The van der Waals surface area contributed by atoms with Crippen molar-refractivity contribution < 1.29 is 9.59 Å². The molecular weight excluding hydrogens is 350 g/mol. The molecule has 2 amide bonds. The van der Waals surface area contributed by atoms with Crippen LogP contribution in [0, 0.1) is 5.92 Å². The van der Waals surface area contributed by atoms with Crippen molar-refractivity contribution in [2.24, 2.45) is 5.92 Å². The van der Waals surface area contributed by atoms with Crippen molar-refractivity contribution in [1.29, 1.82) is 0 Å². The Balaban J connectivity index is 1.68. The number of carbonyl (C=O) groups is 2. The van der Waals surface area contributed by atoms with E-state index in [1.165, 1.54) is 5.56 Å². The Morgan fingerprint density at radius 3 is 2.43 bits per heavy atom. The van der Waals surface area contributed by atoms with Crippen LogP contribution in [0.2, 0.25) is 0 Å². The van der Waals surface area contributed by atoms with E-state index in [9.17, 15) is 9.59 Å². The monoisotopic (exact) mass is 379 g/mol. The number of benzene rings is 2. The zero-order valence-corrected chi connectivity index (χ0v) is 16.7. The Labute approximate surface area is 167 Å². The Hall–Kier alpha value is -2.82. The molecule has 2 aromatic rings. The molecule has 0 atom stereocenters. The maximum absolute atomic E-state index is 12.8. The molecule has 1 aliphatic rings. The molecule has 5 nitrogen and oxygen atoms in total. The van der Waals surface area contributed by atoms with Crippen LogP contribution in [0.5, 0.6) is 0 Å². The molecule has 0 aliphatic heterocycles. The van der Waals surface area contributed by atoms with Crippen LogP contribution >= 0.6 is 0 Å². The highest BCUT2D eigenvalue weighted by Crippen LogP contribution is 2.27. The number of hydrogen-bond acceptors (Lipinski definition) is 3. The zero-order valence-electron chi connectivity index (χ0n) is 16.7. The number of carbonyl (C=O) groups excluding carboxylic acids is 2. The van der Waals surface area contributed by atoms with Crippen molar-refractivity contribution in [3.05, 3.63) is 59.7 Å². The minimum Gasteiger partial charge on any atom is -0.377 e. The molecule has 0 unspecified atom stereocenters. The number of anilines is 2. The van der Waals surface area contributed by atoms with Gasteiger partial charge in [0.1, 0.15) is 0 Å². The first-order valence-corrected chi connectivity index (χ1v) is 9.99. The van der Waals surface area contributed by atoms with Gasteiger partial charge in [0.25, 0.3) is 5.91 Å². The van der Waals surface area contributed by atoms with E-state index in [1.54, 1.807) is 6.07 Å². The lowest BCUT2D eigenvalue weighted by molar-refractivity contribution is -0.119. The number of nitrogens with zero attached hydrogens (tertiary/aromatic N) is 1. The fraction of sp³-hybridized carbons (Fsp3) is 0.391. The van der Waals surface area contributed by atoms with E-state index in [1.807, 2.05) is 49.3 Å². The molecule has 5 heteroatoms. The standard InChI is InChI=1S/C23H29N3O2/c1-26(2)21-13-12-19(25-22(27)18-10-6-7-11-18)16-20(21)23(28)24-15-14-17-8-4-3-5-9-17/h3-5,8-9,12-13,16,18H,6-7,10-11,14-15H2,1-2H3,(H,24,28)(H,25,27). The normalized spacial score (nSPS) is 13.9. The van der Waals surface area contributed by atoms with E-state index in [0.717, 1.165) is 37.8 Å². The van der Waals surface area contributed by atoms with Crippen molar-refractivity contribution in [2.45, 2.75) is 32.1 Å². The Bertz CT molecular complexity index is 812. The van der Waals surface area contributed by atoms with Crippen LogP contribution in [-0.2, 0) is 11.2 Å². The smallest absolute Gasteiger partial charge is 0.253 e. The van der Waals surface area contributed by atoms with Gasteiger partial charge in [0.05, 0.1) is 5.56 Å². The second kappa shape index (κ2) is 9.40. The van der Waals surface area contributed by atoms with Gasteiger partial charge in [-0.05, 0) is 43.0 Å². The number of hydrogen-bond donors (Lipinski definition) is 2. The summed E-state index contributed by atoms with van der Waals surface area (Å²) in [6.45, 7) is 0.564. The van der Waals surface area contributed by atoms with Crippen LogP contribution in [-0.4, -0.2) is 32.5 Å². The lowest BCUT2D eigenvalue weighted by atomic mass is 10.1. The van der Waals surface area contributed by atoms with Gasteiger partial charge in [-0.1, -0.05) is 43.2 Å². The van der Waals surface area contributed by atoms with Gasteiger partial charge in [-0.3, -0.25) is 9.59 Å². The van der Waals surface area contributed by atoms with Crippen LogP contribution in [0.25, 0.3) is 0 Å². The second-order valence-electron chi connectivity index (χ2n) is 7.59. The molecule has 148 valence electrons. The van der Waals surface area contributed by atoms with Gasteiger partial charge in [-0.2, -0.15) is 0 Å². The summed E-state index contributed by atoms with van der Waals surface area (Å²) in [4.78, 5) is 27.1. The van der Waals surface area contributed by atoms with E-state index in [-0.39, 0.29) is 17.7 Å². The predicted octanol–water partition coefficient (Wildman–Crippen LogP) is 3.85. The topological polar surface area (TPSA) is 61.4 Å². The van der Waals surface area contributed by atoms with Crippen molar-refractivity contribution in [1.82, 2.24) is 5.32 Å². The van der Waals surface area contributed by atoms with Gasteiger partial charge in [0.2, 0.25) is 5.91 Å². The molecule has 0 heterocycles.